The molecule has 19 heavy (non-hydrogen) atoms. The van der Waals surface area contributed by atoms with Crippen molar-refractivity contribution in [2.45, 2.75) is 59.2 Å². The molecule has 108 valence electrons. The highest BCUT2D eigenvalue weighted by Crippen LogP contribution is 2.05. The van der Waals surface area contributed by atoms with E-state index < -0.39 is 0 Å². The SMILES string of the molecule is CCCn1ccc(=O)n(CCNC(C)(C)CC)c1=O. The molecule has 0 unspecified atom stereocenters. The van der Waals surface area contributed by atoms with Crippen LogP contribution in [0.25, 0.3) is 0 Å². The van der Waals surface area contributed by atoms with Gasteiger partial charge in [-0.15, -0.1) is 0 Å². The largest absolute Gasteiger partial charge is 0.331 e. The van der Waals surface area contributed by atoms with E-state index in [-0.39, 0.29) is 16.8 Å². The Morgan fingerprint density at radius 3 is 2.47 bits per heavy atom. The van der Waals surface area contributed by atoms with E-state index in [0.29, 0.717) is 19.6 Å². The molecule has 5 heteroatoms. The Balaban J connectivity index is 2.81. The molecular formula is C14H25N3O2. The standard InChI is InChI=1S/C14H25N3O2/c1-5-9-16-10-7-12(18)17(13(16)19)11-8-15-14(3,4)6-2/h7,10,15H,5-6,8-9,11H2,1-4H3. The van der Waals surface area contributed by atoms with Crippen LogP contribution in [0.15, 0.2) is 21.9 Å². The normalized spacial score (nSPS) is 11.8. The molecule has 0 bridgehead atoms. The zero-order valence-corrected chi connectivity index (χ0v) is 12.4. The van der Waals surface area contributed by atoms with E-state index in [1.54, 1.807) is 10.8 Å². The lowest BCUT2D eigenvalue weighted by Crippen LogP contribution is -2.45. The number of hydrogen-bond acceptors (Lipinski definition) is 3. The molecule has 0 fully saturated rings. The van der Waals surface area contributed by atoms with Crippen LogP contribution in [0.3, 0.4) is 0 Å². The summed E-state index contributed by atoms with van der Waals surface area (Å²) in [6, 6.07) is 1.46. The van der Waals surface area contributed by atoms with Crippen molar-refractivity contribution in [2.75, 3.05) is 6.54 Å². The Morgan fingerprint density at radius 2 is 1.89 bits per heavy atom. The summed E-state index contributed by atoms with van der Waals surface area (Å²) >= 11 is 0. The van der Waals surface area contributed by atoms with E-state index in [1.165, 1.54) is 10.6 Å². The van der Waals surface area contributed by atoms with Gasteiger partial charge in [0.2, 0.25) is 0 Å². The molecular weight excluding hydrogens is 242 g/mol. The van der Waals surface area contributed by atoms with Gasteiger partial charge in [-0.05, 0) is 26.7 Å². The second kappa shape index (κ2) is 6.70. The van der Waals surface area contributed by atoms with Crippen molar-refractivity contribution in [2.24, 2.45) is 0 Å². The van der Waals surface area contributed by atoms with E-state index in [9.17, 15) is 9.59 Å². The molecule has 0 saturated carbocycles. The smallest absolute Gasteiger partial charge is 0.310 e. The average Bonchev–Trinajstić information content (AvgIpc) is 2.37. The van der Waals surface area contributed by atoms with Crippen LogP contribution in [0, 0.1) is 0 Å². The minimum atomic E-state index is -0.228. The third-order valence-electron chi connectivity index (χ3n) is 3.43. The molecule has 1 N–H and O–H groups in total. The van der Waals surface area contributed by atoms with Gasteiger partial charge in [-0.1, -0.05) is 13.8 Å². The van der Waals surface area contributed by atoms with E-state index in [4.69, 9.17) is 0 Å². The van der Waals surface area contributed by atoms with Gasteiger partial charge in [-0.3, -0.25) is 9.36 Å². The predicted octanol–water partition coefficient (Wildman–Crippen LogP) is 1.20. The van der Waals surface area contributed by atoms with Crippen LogP contribution in [-0.4, -0.2) is 21.2 Å². The van der Waals surface area contributed by atoms with Crippen LogP contribution in [-0.2, 0) is 13.1 Å². The molecule has 1 aromatic heterocycles. The van der Waals surface area contributed by atoms with Gasteiger partial charge in [0, 0.05) is 37.4 Å². The maximum absolute atomic E-state index is 12.1. The predicted molar refractivity (Wildman–Crippen MR) is 77.6 cm³/mol. The van der Waals surface area contributed by atoms with Gasteiger partial charge in [0.05, 0.1) is 0 Å². The van der Waals surface area contributed by atoms with E-state index in [2.05, 4.69) is 26.1 Å². The minimum Gasteiger partial charge on any atom is -0.310 e. The highest BCUT2D eigenvalue weighted by Gasteiger charge is 2.13. The van der Waals surface area contributed by atoms with E-state index >= 15 is 0 Å². The average molecular weight is 267 g/mol. The number of aryl methyl sites for hydroxylation is 1. The first-order valence-electron chi connectivity index (χ1n) is 6.96. The quantitative estimate of drug-likeness (QED) is 0.807. The summed E-state index contributed by atoms with van der Waals surface area (Å²) < 4.78 is 2.89. The summed E-state index contributed by atoms with van der Waals surface area (Å²) in [5.74, 6) is 0. The van der Waals surface area contributed by atoms with Crippen LogP contribution in [0.1, 0.15) is 40.5 Å². The molecule has 0 aliphatic carbocycles. The van der Waals surface area contributed by atoms with Gasteiger partial charge in [-0.25, -0.2) is 4.79 Å². The molecule has 0 aliphatic rings. The second-order valence-electron chi connectivity index (χ2n) is 5.45. The summed E-state index contributed by atoms with van der Waals surface area (Å²) in [5, 5.41) is 3.36. The van der Waals surface area contributed by atoms with Gasteiger partial charge < -0.3 is 9.88 Å². The van der Waals surface area contributed by atoms with Gasteiger partial charge in [0.15, 0.2) is 0 Å². The summed E-state index contributed by atoms with van der Waals surface area (Å²) in [6.07, 6.45) is 3.45. The number of nitrogens with one attached hydrogen (secondary N) is 1. The Bertz CT molecular complexity index is 514. The van der Waals surface area contributed by atoms with Crippen LogP contribution in [0.5, 0.6) is 0 Å². The molecule has 0 saturated heterocycles. The van der Waals surface area contributed by atoms with Crippen molar-refractivity contribution in [3.05, 3.63) is 33.1 Å². The van der Waals surface area contributed by atoms with Gasteiger partial charge in [0.25, 0.3) is 5.56 Å². The highest BCUT2D eigenvalue weighted by molar-refractivity contribution is 4.87. The Kier molecular flexibility index (Phi) is 5.54. The molecule has 0 amide bonds. The zero-order valence-electron chi connectivity index (χ0n) is 12.4. The maximum Gasteiger partial charge on any atom is 0.331 e. The molecule has 1 heterocycles. The summed E-state index contributed by atoms with van der Waals surface area (Å²) in [6.45, 7) is 10.0. The summed E-state index contributed by atoms with van der Waals surface area (Å²) in [7, 11) is 0. The van der Waals surface area contributed by atoms with Gasteiger partial charge in [-0.2, -0.15) is 0 Å². The lowest BCUT2D eigenvalue weighted by atomic mass is 10.0. The topological polar surface area (TPSA) is 56.0 Å². The number of rotatable bonds is 7. The van der Waals surface area contributed by atoms with Crippen molar-refractivity contribution >= 4 is 0 Å². The number of hydrogen-bond donors (Lipinski definition) is 1. The van der Waals surface area contributed by atoms with Crippen molar-refractivity contribution < 1.29 is 0 Å². The summed E-state index contributed by atoms with van der Waals surface area (Å²) in [5.41, 5.74) is -0.417. The fourth-order valence-electron chi connectivity index (χ4n) is 1.80. The van der Waals surface area contributed by atoms with Gasteiger partial charge in [0.1, 0.15) is 0 Å². The number of aromatic nitrogens is 2. The molecule has 5 nitrogen and oxygen atoms in total. The molecule has 0 aromatic carbocycles. The van der Waals surface area contributed by atoms with Crippen molar-refractivity contribution in [1.29, 1.82) is 0 Å². The lowest BCUT2D eigenvalue weighted by molar-refractivity contribution is 0.363. The van der Waals surface area contributed by atoms with Crippen LogP contribution in [0.2, 0.25) is 0 Å². The van der Waals surface area contributed by atoms with Crippen molar-refractivity contribution in [3.63, 3.8) is 0 Å². The third kappa shape index (κ3) is 4.35. The maximum atomic E-state index is 12.1. The molecule has 1 aromatic rings. The molecule has 0 radical (unpaired) electrons. The zero-order chi connectivity index (χ0) is 14.5. The monoisotopic (exact) mass is 267 g/mol. The highest BCUT2D eigenvalue weighted by atomic mass is 16.2. The fraction of sp³-hybridized carbons (Fsp3) is 0.714. The first-order valence-corrected chi connectivity index (χ1v) is 6.96. The van der Waals surface area contributed by atoms with Crippen molar-refractivity contribution in [1.82, 2.24) is 14.5 Å². The molecule has 0 spiro atoms. The van der Waals surface area contributed by atoms with Gasteiger partial charge >= 0.3 is 5.69 Å². The van der Waals surface area contributed by atoms with Crippen LogP contribution >= 0.6 is 0 Å². The second-order valence-corrected chi connectivity index (χ2v) is 5.45. The molecule has 0 atom stereocenters. The Labute approximate surface area is 114 Å². The first-order chi connectivity index (χ1) is 8.91. The Morgan fingerprint density at radius 1 is 1.21 bits per heavy atom. The van der Waals surface area contributed by atoms with Crippen LogP contribution < -0.4 is 16.6 Å². The van der Waals surface area contributed by atoms with Crippen molar-refractivity contribution in [3.8, 4) is 0 Å². The van der Waals surface area contributed by atoms with E-state index in [1.807, 2.05) is 6.92 Å². The summed E-state index contributed by atoms with van der Waals surface area (Å²) in [4.78, 5) is 23.8. The Hall–Kier alpha value is -1.36. The first kappa shape index (κ1) is 15.7. The lowest BCUT2D eigenvalue weighted by Gasteiger charge is -2.24. The number of nitrogens with zero attached hydrogens (tertiary/aromatic N) is 2. The minimum absolute atomic E-state index is 0.0286. The van der Waals surface area contributed by atoms with Crippen LogP contribution in [0.4, 0.5) is 0 Å². The van der Waals surface area contributed by atoms with E-state index in [0.717, 1.165) is 12.8 Å². The molecule has 1 rings (SSSR count). The molecule has 0 aliphatic heterocycles. The fourth-order valence-corrected chi connectivity index (χ4v) is 1.80. The third-order valence-corrected chi connectivity index (χ3v) is 3.43.